The molecule has 3 atom stereocenters. The Morgan fingerprint density at radius 1 is 0.659 bits per heavy atom. The molecular weight excluding hydrogens is 496 g/mol. The van der Waals surface area contributed by atoms with Crippen LogP contribution in [0.1, 0.15) is 30.9 Å². The highest BCUT2D eigenvalue weighted by atomic mass is 15.2. The predicted molar refractivity (Wildman–Crippen MR) is 173 cm³/mol. The Bertz CT molecular complexity index is 1660. The van der Waals surface area contributed by atoms with Gasteiger partial charge in [-0.05, 0) is 98.3 Å². The van der Waals surface area contributed by atoms with Crippen LogP contribution in [0.25, 0.3) is 0 Å². The molecule has 0 aliphatic heterocycles. The number of benzene rings is 4. The summed E-state index contributed by atoms with van der Waals surface area (Å²) in [5.74, 6) is 0.519. The summed E-state index contributed by atoms with van der Waals surface area (Å²) in [5.41, 5.74) is 10.2. The fourth-order valence-electron chi connectivity index (χ4n) is 6.62. The molecule has 1 saturated carbocycles. The molecule has 0 spiro atoms. The minimum absolute atomic E-state index is 0.101. The van der Waals surface area contributed by atoms with E-state index in [2.05, 4.69) is 169 Å². The van der Waals surface area contributed by atoms with Crippen LogP contribution in [0.15, 0.2) is 157 Å². The Balaban J connectivity index is 1.18. The Morgan fingerprint density at radius 2 is 1.34 bits per heavy atom. The number of allylic oxidation sites excluding steroid dienone is 5. The van der Waals surface area contributed by atoms with E-state index >= 15 is 0 Å². The van der Waals surface area contributed by atoms with Crippen molar-refractivity contribution in [3.63, 3.8) is 0 Å². The molecular formula is C39H36N2. The van der Waals surface area contributed by atoms with Gasteiger partial charge in [0.1, 0.15) is 0 Å². The number of hydrogen-bond acceptors (Lipinski definition) is 2. The summed E-state index contributed by atoms with van der Waals surface area (Å²) in [6, 6.07) is 39.8. The highest BCUT2D eigenvalue weighted by Crippen LogP contribution is 2.59. The van der Waals surface area contributed by atoms with E-state index in [9.17, 15) is 0 Å². The minimum atomic E-state index is 0.101. The van der Waals surface area contributed by atoms with Crippen LogP contribution in [0, 0.1) is 12.8 Å². The summed E-state index contributed by atoms with van der Waals surface area (Å²) in [6.07, 6.45) is 16.5. The van der Waals surface area contributed by atoms with Gasteiger partial charge in [-0.15, -0.1) is 0 Å². The van der Waals surface area contributed by atoms with Gasteiger partial charge in [0.2, 0.25) is 0 Å². The standard InChI is InChI=1S/C39H36N2/c1-29-11-9-17-36(25-29)40(33-13-5-3-6-14-33)35-21-19-31(20-22-35)39-24-23-38(27-32(39)28-39)41(34-15-7-4-8-16-34)37-18-10-12-30(2)26-37/h3-17,19-27,32,37H,18,28H2,1-2H3. The second-order valence-electron chi connectivity index (χ2n) is 11.7. The average molecular weight is 533 g/mol. The van der Waals surface area contributed by atoms with Crippen LogP contribution in [-0.2, 0) is 5.41 Å². The lowest BCUT2D eigenvalue weighted by atomic mass is 9.88. The van der Waals surface area contributed by atoms with E-state index in [4.69, 9.17) is 0 Å². The maximum atomic E-state index is 2.52. The van der Waals surface area contributed by atoms with E-state index in [1.807, 2.05) is 0 Å². The Labute approximate surface area is 244 Å². The van der Waals surface area contributed by atoms with Crippen molar-refractivity contribution < 1.29 is 0 Å². The highest BCUT2D eigenvalue weighted by molar-refractivity contribution is 5.77. The van der Waals surface area contributed by atoms with Crippen molar-refractivity contribution >= 4 is 22.7 Å². The second-order valence-corrected chi connectivity index (χ2v) is 11.7. The lowest BCUT2D eigenvalue weighted by molar-refractivity contribution is 0.735. The van der Waals surface area contributed by atoms with Gasteiger partial charge in [0.25, 0.3) is 0 Å². The Hall–Kier alpha value is -4.56. The van der Waals surface area contributed by atoms with Crippen molar-refractivity contribution in [3.05, 3.63) is 168 Å². The minimum Gasteiger partial charge on any atom is -0.335 e. The number of aryl methyl sites for hydroxylation is 1. The quantitative estimate of drug-likeness (QED) is 0.234. The zero-order chi connectivity index (χ0) is 27.8. The Kier molecular flexibility index (Phi) is 6.47. The van der Waals surface area contributed by atoms with E-state index in [1.54, 1.807) is 0 Å². The molecule has 41 heavy (non-hydrogen) atoms. The monoisotopic (exact) mass is 532 g/mol. The van der Waals surface area contributed by atoms with Crippen molar-refractivity contribution in [1.82, 2.24) is 0 Å². The van der Waals surface area contributed by atoms with E-state index in [-0.39, 0.29) is 5.41 Å². The van der Waals surface area contributed by atoms with Crippen LogP contribution in [0.2, 0.25) is 0 Å². The first-order chi connectivity index (χ1) is 20.1. The lowest BCUT2D eigenvalue weighted by Crippen LogP contribution is -2.34. The molecule has 4 aromatic carbocycles. The van der Waals surface area contributed by atoms with E-state index in [1.165, 1.54) is 45.1 Å². The fourth-order valence-corrected chi connectivity index (χ4v) is 6.62. The van der Waals surface area contributed by atoms with Crippen LogP contribution < -0.4 is 9.80 Å². The normalized spacial score (nSPS) is 22.4. The molecule has 202 valence electrons. The number of rotatable bonds is 7. The van der Waals surface area contributed by atoms with E-state index in [0.717, 1.165) is 12.8 Å². The molecule has 0 heterocycles. The third-order valence-corrected chi connectivity index (χ3v) is 8.78. The highest BCUT2D eigenvalue weighted by Gasteiger charge is 2.53. The summed E-state index contributed by atoms with van der Waals surface area (Å²) in [7, 11) is 0. The van der Waals surface area contributed by atoms with Crippen LogP contribution >= 0.6 is 0 Å². The van der Waals surface area contributed by atoms with Crippen molar-refractivity contribution in [1.29, 1.82) is 0 Å². The molecule has 7 rings (SSSR count). The number of anilines is 4. The van der Waals surface area contributed by atoms with E-state index < -0.39 is 0 Å². The summed E-state index contributed by atoms with van der Waals surface area (Å²) in [5, 5.41) is 0. The molecule has 0 radical (unpaired) electrons. The van der Waals surface area contributed by atoms with Gasteiger partial charge in [0.05, 0.1) is 6.04 Å². The summed E-state index contributed by atoms with van der Waals surface area (Å²) in [6.45, 7) is 4.35. The maximum Gasteiger partial charge on any atom is 0.0562 e. The van der Waals surface area contributed by atoms with Gasteiger partial charge < -0.3 is 9.80 Å². The molecule has 0 amide bonds. The predicted octanol–water partition coefficient (Wildman–Crippen LogP) is 9.96. The van der Waals surface area contributed by atoms with Gasteiger partial charge in [-0.2, -0.15) is 0 Å². The van der Waals surface area contributed by atoms with Gasteiger partial charge in [0.15, 0.2) is 0 Å². The molecule has 2 heteroatoms. The first-order valence-corrected chi connectivity index (χ1v) is 14.7. The summed E-state index contributed by atoms with van der Waals surface area (Å²) >= 11 is 0. The Morgan fingerprint density at radius 3 is 2.02 bits per heavy atom. The third kappa shape index (κ3) is 4.85. The molecule has 0 aromatic heterocycles. The number of hydrogen-bond donors (Lipinski definition) is 0. The van der Waals surface area contributed by atoms with E-state index in [0.29, 0.717) is 12.0 Å². The molecule has 2 nitrogen and oxygen atoms in total. The first-order valence-electron chi connectivity index (χ1n) is 14.7. The first kappa shape index (κ1) is 25.4. The van der Waals surface area contributed by atoms with Crippen molar-refractivity contribution in [3.8, 4) is 0 Å². The number of nitrogens with zero attached hydrogens (tertiary/aromatic N) is 2. The zero-order valence-corrected chi connectivity index (χ0v) is 23.8. The van der Waals surface area contributed by atoms with Gasteiger partial charge in [-0.25, -0.2) is 0 Å². The molecule has 0 bridgehead atoms. The SMILES string of the molecule is CC1=CC(N(C2=CC3CC3(c3ccc(N(c4ccccc4)c4cccc(C)c4)cc3)C=C2)c2ccccc2)CC=C1. The molecule has 1 fully saturated rings. The molecule has 4 aromatic rings. The smallest absolute Gasteiger partial charge is 0.0562 e. The number of para-hydroxylation sites is 2. The lowest BCUT2D eigenvalue weighted by Gasteiger charge is -2.35. The maximum absolute atomic E-state index is 2.52. The third-order valence-electron chi connectivity index (χ3n) is 8.78. The van der Waals surface area contributed by atoms with Crippen LogP contribution in [-0.4, -0.2) is 6.04 Å². The fraction of sp³-hybridized carbons (Fsp3) is 0.179. The van der Waals surface area contributed by atoms with Gasteiger partial charge >= 0.3 is 0 Å². The average Bonchev–Trinajstić information content (AvgIpc) is 3.74. The zero-order valence-electron chi connectivity index (χ0n) is 23.8. The molecule has 3 aliphatic rings. The number of fused-ring (bicyclic) bond motifs is 1. The molecule has 3 unspecified atom stereocenters. The van der Waals surface area contributed by atoms with Gasteiger partial charge in [0, 0.05) is 33.9 Å². The van der Waals surface area contributed by atoms with Gasteiger partial charge in [-0.1, -0.05) is 96.6 Å². The van der Waals surface area contributed by atoms with Crippen LogP contribution in [0.3, 0.4) is 0 Å². The largest absolute Gasteiger partial charge is 0.335 e. The summed E-state index contributed by atoms with van der Waals surface area (Å²) < 4.78 is 0. The van der Waals surface area contributed by atoms with Crippen molar-refractivity contribution in [2.45, 2.75) is 38.1 Å². The van der Waals surface area contributed by atoms with Crippen molar-refractivity contribution in [2.75, 3.05) is 9.80 Å². The van der Waals surface area contributed by atoms with Crippen LogP contribution in [0.4, 0.5) is 22.7 Å². The molecule has 0 saturated heterocycles. The second kappa shape index (κ2) is 10.4. The summed E-state index contributed by atoms with van der Waals surface area (Å²) in [4.78, 5) is 4.87. The van der Waals surface area contributed by atoms with Crippen molar-refractivity contribution in [2.24, 2.45) is 5.92 Å². The topological polar surface area (TPSA) is 6.48 Å². The molecule has 0 N–H and O–H groups in total. The molecule has 3 aliphatic carbocycles. The van der Waals surface area contributed by atoms with Crippen LogP contribution in [0.5, 0.6) is 0 Å². The van der Waals surface area contributed by atoms with Gasteiger partial charge in [-0.3, -0.25) is 0 Å².